The zero-order valence-corrected chi connectivity index (χ0v) is 22.4. The van der Waals surface area contributed by atoms with Gasteiger partial charge in [0, 0.05) is 0 Å². The van der Waals surface area contributed by atoms with Gasteiger partial charge >= 0.3 is 0 Å². The Morgan fingerprint density at radius 1 is 0.706 bits per heavy atom. The topological polar surface area (TPSA) is 9.23 Å². The molecule has 1 fully saturated rings. The standard InChI is InChI=1S/C33H50O/c1-4-6-8-9-11-13-28-14-16-29(17-15-28)30-18-20-31(21-19-30)32-22-24-33(25-23-32)34-26-27(3)12-10-7-5-2/h18-25,27-29H,4-17,26H2,1-3H3. The largest absolute Gasteiger partial charge is 0.493 e. The smallest absolute Gasteiger partial charge is 0.119 e. The van der Waals surface area contributed by atoms with Gasteiger partial charge in [0.15, 0.2) is 0 Å². The molecule has 0 N–H and O–H groups in total. The molecule has 34 heavy (non-hydrogen) atoms. The molecule has 0 saturated heterocycles. The van der Waals surface area contributed by atoms with E-state index in [0.29, 0.717) is 5.92 Å². The van der Waals surface area contributed by atoms with Gasteiger partial charge in [0.05, 0.1) is 6.61 Å². The van der Waals surface area contributed by atoms with Gasteiger partial charge in [-0.2, -0.15) is 0 Å². The molecule has 1 aliphatic carbocycles. The van der Waals surface area contributed by atoms with Crippen molar-refractivity contribution in [3.05, 3.63) is 54.1 Å². The van der Waals surface area contributed by atoms with Gasteiger partial charge < -0.3 is 4.74 Å². The van der Waals surface area contributed by atoms with Crippen LogP contribution in [0.25, 0.3) is 11.1 Å². The third-order valence-electron chi connectivity index (χ3n) is 7.97. The van der Waals surface area contributed by atoms with Crippen molar-refractivity contribution in [1.29, 1.82) is 0 Å². The van der Waals surface area contributed by atoms with E-state index in [2.05, 4.69) is 69.3 Å². The normalized spacial score (nSPS) is 19.1. The van der Waals surface area contributed by atoms with Gasteiger partial charge in [-0.25, -0.2) is 0 Å². The second-order valence-electron chi connectivity index (χ2n) is 11.0. The molecule has 1 nitrogen and oxygen atoms in total. The second kappa shape index (κ2) is 15.3. The summed E-state index contributed by atoms with van der Waals surface area (Å²) < 4.78 is 6.04. The Kier molecular flexibility index (Phi) is 12.1. The molecule has 0 aromatic heterocycles. The summed E-state index contributed by atoms with van der Waals surface area (Å²) in [6.07, 6.45) is 19.4. The number of hydrogen-bond acceptors (Lipinski definition) is 1. The van der Waals surface area contributed by atoms with Crippen LogP contribution in [0.1, 0.15) is 122 Å². The number of ether oxygens (including phenoxy) is 1. The van der Waals surface area contributed by atoms with E-state index in [0.717, 1.165) is 24.2 Å². The molecule has 0 heterocycles. The Bertz CT molecular complexity index is 767. The molecule has 2 aromatic carbocycles. The van der Waals surface area contributed by atoms with E-state index in [-0.39, 0.29) is 0 Å². The molecule has 1 aliphatic rings. The van der Waals surface area contributed by atoms with Crippen LogP contribution in [-0.4, -0.2) is 6.61 Å². The fourth-order valence-corrected chi connectivity index (χ4v) is 5.58. The average molecular weight is 463 g/mol. The highest BCUT2D eigenvalue weighted by Gasteiger charge is 2.22. The first-order chi connectivity index (χ1) is 16.7. The van der Waals surface area contributed by atoms with Gasteiger partial charge in [-0.15, -0.1) is 0 Å². The molecule has 2 aromatic rings. The third-order valence-corrected chi connectivity index (χ3v) is 7.97. The fourth-order valence-electron chi connectivity index (χ4n) is 5.58. The first-order valence-corrected chi connectivity index (χ1v) is 14.5. The van der Waals surface area contributed by atoms with E-state index >= 15 is 0 Å². The lowest BCUT2D eigenvalue weighted by Gasteiger charge is -2.29. The van der Waals surface area contributed by atoms with E-state index in [4.69, 9.17) is 4.74 Å². The molecule has 3 rings (SSSR count). The molecule has 1 unspecified atom stereocenters. The van der Waals surface area contributed by atoms with Gasteiger partial charge in [0.2, 0.25) is 0 Å². The predicted octanol–water partition coefficient (Wildman–Crippen LogP) is 10.6. The number of hydrogen-bond donors (Lipinski definition) is 0. The number of benzene rings is 2. The second-order valence-corrected chi connectivity index (χ2v) is 11.0. The summed E-state index contributed by atoms with van der Waals surface area (Å²) in [5, 5.41) is 0. The van der Waals surface area contributed by atoms with E-state index in [1.165, 1.54) is 101 Å². The maximum Gasteiger partial charge on any atom is 0.119 e. The van der Waals surface area contributed by atoms with Crippen LogP contribution in [0.2, 0.25) is 0 Å². The molecular formula is C33H50O. The molecule has 0 aliphatic heterocycles. The van der Waals surface area contributed by atoms with E-state index in [1.54, 1.807) is 5.56 Å². The molecule has 0 radical (unpaired) electrons. The molecule has 1 heteroatoms. The van der Waals surface area contributed by atoms with Crippen molar-refractivity contribution in [3.63, 3.8) is 0 Å². The van der Waals surface area contributed by atoms with Gasteiger partial charge in [-0.05, 0) is 78.7 Å². The molecule has 1 atom stereocenters. The van der Waals surface area contributed by atoms with Crippen molar-refractivity contribution >= 4 is 0 Å². The van der Waals surface area contributed by atoms with Gasteiger partial charge in [0.25, 0.3) is 0 Å². The monoisotopic (exact) mass is 462 g/mol. The maximum absolute atomic E-state index is 6.04. The third kappa shape index (κ3) is 9.12. The highest BCUT2D eigenvalue weighted by atomic mass is 16.5. The molecule has 188 valence electrons. The number of unbranched alkanes of at least 4 members (excludes halogenated alkanes) is 6. The zero-order valence-electron chi connectivity index (χ0n) is 22.4. The van der Waals surface area contributed by atoms with Crippen LogP contribution in [0.4, 0.5) is 0 Å². The summed E-state index contributed by atoms with van der Waals surface area (Å²) in [5.74, 6) is 3.36. The van der Waals surface area contributed by atoms with E-state index < -0.39 is 0 Å². The Morgan fingerprint density at radius 2 is 1.29 bits per heavy atom. The Balaban J connectivity index is 1.41. The Labute approximate surface area is 210 Å². The van der Waals surface area contributed by atoms with Crippen LogP contribution >= 0.6 is 0 Å². The van der Waals surface area contributed by atoms with Crippen molar-refractivity contribution in [2.24, 2.45) is 11.8 Å². The quantitative estimate of drug-likeness (QED) is 0.239. The molecule has 0 amide bonds. The van der Waals surface area contributed by atoms with Crippen LogP contribution in [0.15, 0.2) is 48.5 Å². The maximum atomic E-state index is 6.04. The summed E-state index contributed by atoms with van der Waals surface area (Å²) >= 11 is 0. The van der Waals surface area contributed by atoms with Crippen molar-refractivity contribution < 1.29 is 4.74 Å². The molecule has 0 spiro atoms. The van der Waals surface area contributed by atoms with Crippen LogP contribution in [0, 0.1) is 11.8 Å². The minimum atomic E-state index is 0.625. The summed E-state index contributed by atoms with van der Waals surface area (Å²) in [5.41, 5.74) is 4.13. The fraction of sp³-hybridized carbons (Fsp3) is 0.636. The lowest BCUT2D eigenvalue weighted by molar-refractivity contribution is 0.249. The van der Waals surface area contributed by atoms with Crippen LogP contribution in [-0.2, 0) is 0 Å². The SMILES string of the molecule is CCCCCCCC1CCC(c2ccc(-c3ccc(OCC(C)CCCCC)cc3)cc2)CC1. The Morgan fingerprint density at radius 3 is 1.94 bits per heavy atom. The summed E-state index contributed by atoms with van der Waals surface area (Å²) in [4.78, 5) is 0. The highest BCUT2D eigenvalue weighted by Crippen LogP contribution is 2.38. The summed E-state index contributed by atoms with van der Waals surface area (Å²) in [7, 11) is 0. The van der Waals surface area contributed by atoms with Crippen molar-refractivity contribution in [2.45, 2.75) is 117 Å². The molecule has 0 bridgehead atoms. The minimum Gasteiger partial charge on any atom is -0.493 e. The van der Waals surface area contributed by atoms with Crippen molar-refractivity contribution in [1.82, 2.24) is 0 Å². The lowest BCUT2D eigenvalue weighted by atomic mass is 9.77. The summed E-state index contributed by atoms with van der Waals surface area (Å²) in [6.45, 7) is 7.68. The van der Waals surface area contributed by atoms with Crippen LogP contribution in [0.5, 0.6) is 5.75 Å². The van der Waals surface area contributed by atoms with E-state index in [1.807, 2.05) is 0 Å². The van der Waals surface area contributed by atoms with Crippen LogP contribution < -0.4 is 4.74 Å². The van der Waals surface area contributed by atoms with Crippen LogP contribution in [0.3, 0.4) is 0 Å². The average Bonchev–Trinajstić information content (AvgIpc) is 2.88. The lowest BCUT2D eigenvalue weighted by Crippen LogP contribution is -2.13. The van der Waals surface area contributed by atoms with Gasteiger partial charge in [-0.1, -0.05) is 115 Å². The van der Waals surface area contributed by atoms with Crippen molar-refractivity contribution in [2.75, 3.05) is 6.61 Å². The van der Waals surface area contributed by atoms with Gasteiger partial charge in [0.1, 0.15) is 5.75 Å². The highest BCUT2D eigenvalue weighted by molar-refractivity contribution is 5.64. The zero-order chi connectivity index (χ0) is 24.0. The Hall–Kier alpha value is -1.76. The molecule has 1 saturated carbocycles. The number of rotatable bonds is 15. The van der Waals surface area contributed by atoms with Gasteiger partial charge in [-0.3, -0.25) is 0 Å². The minimum absolute atomic E-state index is 0.625. The first-order valence-electron chi connectivity index (χ1n) is 14.5. The molecular weight excluding hydrogens is 412 g/mol. The van der Waals surface area contributed by atoms with Crippen molar-refractivity contribution in [3.8, 4) is 16.9 Å². The predicted molar refractivity (Wildman–Crippen MR) is 149 cm³/mol. The first kappa shape index (κ1) is 26.8. The van der Waals surface area contributed by atoms with E-state index in [9.17, 15) is 0 Å². The summed E-state index contributed by atoms with van der Waals surface area (Å²) in [6, 6.07) is 18.1.